The first-order chi connectivity index (χ1) is 38.4. The van der Waals surface area contributed by atoms with Gasteiger partial charge in [0.15, 0.2) is 0 Å². The van der Waals surface area contributed by atoms with E-state index in [1.165, 1.54) is 80.2 Å². The molecule has 0 aliphatic heterocycles. The molecule has 0 bridgehead atoms. The molecule has 6 aromatic rings. The van der Waals surface area contributed by atoms with Crippen LogP contribution in [0, 0.1) is 0 Å². The van der Waals surface area contributed by atoms with Crippen LogP contribution in [0.15, 0.2) is 60.7 Å². The largest absolute Gasteiger partial charge is 0.385 e. The summed E-state index contributed by atoms with van der Waals surface area (Å²) in [5.74, 6) is -16.4. The highest BCUT2D eigenvalue weighted by Gasteiger charge is 2.80. The van der Waals surface area contributed by atoms with Gasteiger partial charge >= 0.3 is 17.8 Å². The number of ether oxygens (including phenoxy) is 6. The van der Waals surface area contributed by atoms with Crippen LogP contribution in [0.5, 0.6) is 0 Å². The summed E-state index contributed by atoms with van der Waals surface area (Å²) >= 11 is 8.35. The number of allylic oxidation sites excluding steroid dienone is 2. The average Bonchev–Trinajstić information content (AvgIpc) is 4.30. The highest BCUT2D eigenvalue weighted by molar-refractivity contribution is 7.33. The molecule has 0 N–H and O–H groups in total. The predicted molar refractivity (Wildman–Crippen MR) is 340 cm³/mol. The highest BCUT2D eigenvalue weighted by Crippen LogP contribution is 2.68. The summed E-state index contributed by atoms with van der Waals surface area (Å²) in [6, 6.07) is 24.1. The van der Waals surface area contributed by atoms with E-state index in [1.807, 2.05) is 36.4 Å². The molecule has 0 aromatic carbocycles. The van der Waals surface area contributed by atoms with Crippen LogP contribution in [0.4, 0.5) is 26.3 Å². The van der Waals surface area contributed by atoms with Crippen molar-refractivity contribution in [3.05, 3.63) is 81.5 Å². The van der Waals surface area contributed by atoms with Gasteiger partial charge in [-0.3, -0.25) is 0 Å². The zero-order valence-corrected chi connectivity index (χ0v) is 56.1. The van der Waals surface area contributed by atoms with Crippen LogP contribution in [0.3, 0.4) is 0 Å². The van der Waals surface area contributed by atoms with Gasteiger partial charge in [-0.05, 0) is 107 Å². The molecule has 7 rings (SSSR count). The second-order valence-corrected chi connectivity index (χ2v) is 39.8. The SMILES string of the molecule is COCCC[Si](CCCOC)(CCCOC)c1ccc(-c2sc(-c3ccc(C(C)(C)C)s3)cc2C2=C(c3cc(-c4ccc(C(C)(C)C)s4)sc3-c3ccc([Si](CCCOC)(CCCOC)CCCOC)s3)C(F)(F)C(F)(F)C2(F)F)s1. The molecule has 0 radical (unpaired) electrons. The summed E-state index contributed by atoms with van der Waals surface area (Å²) in [4.78, 5) is 6.32. The number of thiophene rings is 6. The third-order valence-electron chi connectivity index (χ3n) is 15.6. The van der Waals surface area contributed by atoms with Crippen molar-refractivity contribution in [1.82, 2.24) is 0 Å². The van der Waals surface area contributed by atoms with E-state index in [2.05, 4.69) is 53.7 Å². The van der Waals surface area contributed by atoms with Gasteiger partial charge in [0.25, 0.3) is 0 Å². The molecule has 448 valence electrons. The Morgan fingerprint density at radius 1 is 0.370 bits per heavy atom. The van der Waals surface area contributed by atoms with Gasteiger partial charge < -0.3 is 28.4 Å². The Labute approximate surface area is 503 Å². The van der Waals surface area contributed by atoms with E-state index in [0.717, 1.165) is 103 Å². The first kappa shape index (κ1) is 66.2. The van der Waals surface area contributed by atoms with Crippen molar-refractivity contribution >= 4 is 104 Å². The van der Waals surface area contributed by atoms with Gasteiger partial charge in [0.05, 0.1) is 25.9 Å². The number of halogens is 6. The molecule has 6 aromatic heterocycles. The molecule has 0 saturated heterocycles. The van der Waals surface area contributed by atoms with Crippen LogP contribution in [0.2, 0.25) is 36.3 Å². The molecular weight excluding hydrogens is 1190 g/mol. The van der Waals surface area contributed by atoms with Crippen LogP contribution in [0.25, 0.3) is 50.2 Å². The van der Waals surface area contributed by atoms with E-state index >= 15 is 26.3 Å². The Kier molecular flexibility index (Phi) is 22.9. The lowest BCUT2D eigenvalue weighted by molar-refractivity contribution is -0.254. The topological polar surface area (TPSA) is 55.4 Å². The molecule has 0 saturated carbocycles. The fourth-order valence-corrected chi connectivity index (χ4v) is 30.6. The number of alkyl halides is 6. The first-order valence-corrected chi connectivity index (χ1v) is 38.1. The minimum Gasteiger partial charge on any atom is -0.385 e. The number of rotatable bonds is 32. The zero-order valence-electron chi connectivity index (χ0n) is 49.2. The monoisotopic (exact) mass is 1270 g/mol. The van der Waals surface area contributed by atoms with Gasteiger partial charge in [-0.2, -0.15) is 26.3 Å². The van der Waals surface area contributed by atoms with Crippen LogP contribution >= 0.6 is 68.0 Å². The maximum atomic E-state index is 17.8. The molecule has 0 fully saturated rings. The minimum absolute atomic E-state index is 0.250. The summed E-state index contributed by atoms with van der Waals surface area (Å²) in [6.07, 6.45) is 4.86. The molecule has 81 heavy (non-hydrogen) atoms. The maximum absolute atomic E-state index is 17.8. The summed E-state index contributed by atoms with van der Waals surface area (Å²) in [7, 11) is 5.28. The van der Waals surface area contributed by atoms with Crippen molar-refractivity contribution in [3.63, 3.8) is 0 Å². The molecule has 6 heterocycles. The van der Waals surface area contributed by atoms with Crippen LogP contribution in [0.1, 0.15) is 101 Å². The quantitative estimate of drug-likeness (QED) is 0.0238. The lowest BCUT2D eigenvalue weighted by Crippen LogP contribution is -2.48. The van der Waals surface area contributed by atoms with E-state index in [9.17, 15) is 0 Å². The number of hydrogen-bond donors (Lipinski definition) is 0. The molecule has 6 nitrogen and oxygen atoms in total. The fraction of sp³-hybridized carbons (Fsp3) is 0.574. The standard InChI is InChI=1S/C61H82F6O6S6Si2/c1-57(2,3)49-23-19-43(74-49)47-39-41(55(78-47)45-21-25-51(76-45)80(33-13-27-68-7,34-14-28-69-8)35-15-29-70-9)53-54(60(64,65)61(66,67)59(53,62)63)42-40-48(44-20-24-50(75-44)58(4,5)6)79-56(42)46-22-26-52(77-46)81(36-16-30-71-10,37-17-31-72-11)38-18-32-73-12/h19-26,39-40H,13-18,27-38H2,1-12H3. The van der Waals surface area contributed by atoms with E-state index in [0.29, 0.717) is 59.1 Å². The number of hydrogen-bond acceptors (Lipinski definition) is 12. The van der Waals surface area contributed by atoms with Crippen LogP contribution < -0.4 is 9.00 Å². The van der Waals surface area contributed by atoms with Gasteiger partial charge in [-0.15, -0.1) is 68.0 Å². The third kappa shape index (κ3) is 14.4. The van der Waals surface area contributed by atoms with Crippen molar-refractivity contribution in [2.24, 2.45) is 0 Å². The molecule has 0 amide bonds. The van der Waals surface area contributed by atoms with E-state index in [-0.39, 0.29) is 31.7 Å². The molecular formula is C61H82F6O6S6Si2. The number of methoxy groups -OCH3 is 6. The molecule has 0 atom stereocenters. The van der Waals surface area contributed by atoms with Gasteiger partial charge in [0, 0.05) is 144 Å². The lowest BCUT2D eigenvalue weighted by atomic mass is 9.94. The Hall–Kier alpha value is -2.29. The van der Waals surface area contributed by atoms with E-state index in [1.54, 1.807) is 42.7 Å². The van der Waals surface area contributed by atoms with Crippen LogP contribution in [-0.4, -0.2) is 116 Å². The van der Waals surface area contributed by atoms with Gasteiger partial charge in [-0.1, -0.05) is 89.9 Å². The Morgan fingerprint density at radius 3 is 0.914 bits per heavy atom. The highest BCUT2D eigenvalue weighted by atomic mass is 32.1. The van der Waals surface area contributed by atoms with Gasteiger partial charge in [0.1, 0.15) is 0 Å². The Balaban J connectivity index is 1.54. The fourth-order valence-electron chi connectivity index (χ4n) is 11.3. The van der Waals surface area contributed by atoms with Crippen LogP contribution in [-0.2, 0) is 39.3 Å². The lowest BCUT2D eigenvalue weighted by Gasteiger charge is -2.31. The molecule has 20 heteroatoms. The average molecular weight is 1270 g/mol. The summed E-state index contributed by atoms with van der Waals surface area (Å²) in [6.45, 7) is 15.9. The van der Waals surface area contributed by atoms with Crippen molar-refractivity contribution in [1.29, 1.82) is 0 Å². The maximum Gasteiger partial charge on any atom is 0.380 e. The second kappa shape index (κ2) is 28.0. The second-order valence-electron chi connectivity index (χ2n) is 23.5. The van der Waals surface area contributed by atoms with Gasteiger partial charge in [-0.25, -0.2) is 0 Å². The minimum atomic E-state index is -5.78. The molecule has 1 aliphatic rings. The summed E-state index contributed by atoms with van der Waals surface area (Å²) in [5, 5.41) is 0. The Bertz CT molecular complexity index is 2740. The summed E-state index contributed by atoms with van der Waals surface area (Å²) < 4.78 is 141. The Morgan fingerprint density at radius 2 is 0.654 bits per heavy atom. The first-order valence-electron chi connectivity index (χ1n) is 27.9. The van der Waals surface area contributed by atoms with Crippen molar-refractivity contribution in [2.45, 2.75) is 145 Å². The molecule has 1 aliphatic carbocycles. The smallest absolute Gasteiger partial charge is 0.380 e. The van der Waals surface area contributed by atoms with Gasteiger partial charge in [0.2, 0.25) is 0 Å². The molecule has 0 unspecified atom stereocenters. The summed E-state index contributed by atoms with van der Waals surface area (Å²) in [5.41, 5.74) is -3.75. The van der Waals surface area contributed by atoms with Crippen molar-refractivity contribution in [2.75, 3.05) is 82.3 Å². The third-order valence-corrected chi connectivity index (χ3v) is 36.9. The van der Waals surface area contributed by atoms with E-state index in [4.69, 9.17) is 28.4 Å². The van der Waals surface area contributed by atoms with Crippen molar-refractivity contribution in [3.8, 4) is 39.0 Å². The van der Waals surface area contributed by atoms with Crippen molar-refractivity contribution < 1.29 is 54.8 Å². The zero-order chi connectivity index (χ0) is 59.0. The molecule has 0 spiro atoms. The predicted octanol–water partition coefficient (Wildman–Crippen LogP) is 18.7. The normalized spacial score (nSPS) is 15.7. The van der Waals surface area contributed by atoms with E-state index < -0.39 is 45.1 Å².